The van der Waals surface area contributed by atoms with Crippen molar-refractivity contribution < 1.29 is 4.79 Å². The quantitative estimate of drug-likeness (QED) is 0.770. The van der Waals surface area contributed by atoms with Gasteiger partial charge in [0.2, 0.25) is 5.91 Å². The van der Waals surface area contributed by atoms with E-state index in [0.29, 0.717) is 0 Å². The number of hydrogen-bond acceptors (Lipinski definition) is 3. The number of carbonyl (C=O) groups is 1. The predicted octanol–water partition coefficient (Wildman–Crippen LogP) is 1.96. The summed E-state index contributed by atoms with van der Waals surface area (Å²) in [7, 11) is 0. The van der Waals surface area contributed by atoms with Crippen molar-refractivity contribution in [3.05, 3.63) is 0 Å². The van der Waals surface area contributed by atoms with E-state index in [1.165, 1.54) is 25.7 Å². The van der Waals surface area contributed by atoms with Crippen molar-refractivity contribution in [2.75, 3.05) is 0 Å². The second kappa shape index (κ2) is 4.79. The lowest BCUT2D eigenvalue weighted by atomic mass is 9.89. The molecule has 0 aliphatic heterocycles. The molecule has 2 N–H and O–H groups in total. The van der Waals surface area contributed by atoms with E-state index in [1.807, 2.05) is 20.8 Å². The summed E-state index contributed by atoms with van der Waals surface area (Å²) in [5.41, 5.74) is -0.555. The van der Waals surface area contributed by atoms with E-state index in [0.717, 1.165) is 5.92 Å². The summed E-state index contributed by atoms with van der Waals surface area (Å²) < 4.78 is 0. The number of carbonyl (C=O) groups excluding carboxylic acids is 1. The van der Waals surface area contributed by atoms with Gasteiger partial charge in [0.05, 0.1) is 12.1 Å². The molecule has 2 rings (SSSR count). The van der Waals surface area contributed by atoms with Gasteiger partial charge in [0, 0.05) is 5.54 Å². The Balaban J connectivity index is 1.91. The van der Waals surface area contributed by atoms with Crippen LogP contribution in [0.4, 0.5) is 0 Å². The maximum absolute atomic E-state index is 12.2. The molecule has 0 aromatic heterocycles. The van der Waals surface area contributed by atoms with E-state index >= 15 is 0 Å². The molecular weight excluding hydrogens is 238 g/mol. The SMILES string of the molecule is CC(NC1(C2CC2)CC1)C(=O)NC(C)(C#N)C(C)C. The van der Waals surface area contributed by atoms with Crippen molar-refractivity contribution in [1.29, 1.82) is 5.26 Å². The first kappa shape index (κ1) is 14.3. The summed E-state index contributed by atoms with van der Waals surface area (Å²) in [4.78, 5) is 12.2. The van der Waals surface area contributed by atoms with Gasteiger partial charge in [0.25, 0.3) is 0 Å². The number of amides is 1. The number of nitrogens with zero attached hydrogens (tertiary/aromatic N) is 1. The molecule has 0 radical (unpaired) electrons. The third kappa shape index (κ3) is 2.92. The van der Waals surface area contributed by atoms with Crippen molar-refractivity contribution in [1.82, 2.24) is 10.6 Å². The maximum Gasteiger partial charge on any atom is 0.238 e. The lowest BCUT2D eigenvalue weighted by molar-refractivity contribution is -0.124. The third-order valence-corrected chi connectivity index (χ3v) is 4.81. The van der Waals surface area contributed by atoms with E-state index in [-0.39, 0.29) is 23.4 Å². The second-order valence-corrected chi connectivity index (χ2v) is 6.75. The van der Waals surface area contributed by atoms with Gasteiger partial charge in [0.15, 0.2) is 0 Å². The highest BCUT2D eigenvalue weighted by molar-refractivity contribution is 5.82. The fraction of sp³-hybridized carbons (Fsp3) is 0.867. The van der Waals surface area contributed by atoms with Crippen molar-refractivity contribution >= 4 is 5.91 Å². The zero-order valence-corrected chi connectivity index (χ0v) is 12.4. The third-order valence-electron chi connectivity index (χ3n) is 4.81. The Bertz CT molecular complexity index is 404. The normalized spacial score (nSPS) is 25.3. The molecule has 2 atom stereocenters. The van der Waals surface area contributed by atoms with Crippen LogP contribution in [0, 0.1) is 23.2 Å². The summed E-state index contributed by atoms with van der Waals surface area (Å²) in [6.07, 6.45) is 4.97. The molecule has 0 aromatic carbocycles. The molecule has 0 aromatic rings. The Morgan fingerprint density at radius 1 is 1.37 bits per heavy atom. The Labute approximate surface area is 115 Å². The summed E-state index contributed by atoms with van der Waals surface area (Å²) in [6.45, 7) is 7.59. The number of hydrogen-bond donors (Lipinski definition) is 2. The van der Waals surface area contributed by atoms with Crippen LogP contribution in [0.3, 0.4) is 0 Å². The summed E-state index contributed by atoms with van der Waals surface area (Å²) in [5.74, 6) is 0.798. The first-order valence-corrected chi connectivity index (χ1v) is 7.34. The van der Waals surface area contributed by atoms with Crippen LogP contribution in [0.1, 0.15) is 53.4 Å². The van der Waals surface area contributed by atoms with Gasteiger partial charge in [0.1, 0.15) is 5.54 Å². The van der Waals surface area contributed by atoms with Gasteiger partial charge < -0.3 is 10.6 Å². The van der Waals surface area contributed by atoms with Crippen LogP contribution < -0.4 is 10.6 Å². The fourth-order valence-corrected chi connectivity index (χ4v) is 2.60. The predicted molar refractivity (Wildman–Crippen MR) is 74.3 cm³/mol. The van der Waals surface area contributed by atoms with E-state index < -0.39 is 5.54 Å². The van der Waals surface area contributed by atoms with Gasteiger partial charge in [-0.05, 0) is 51.4 Å². The Morgan fingerprint density at radius 3 is 2.32 bits per heavy atom. The van der Waals surface area contributed by atoms with Gasteiger partial charge in [-0.3, -0.25) is 4.79 Å². The highest BCUT2D eigenvalue weighted by Crippen LogP contribution is 2.53. The van der Waals surface area contributed by atoms with E-state index in [2.05, 4.69) is 16.7 Å². The standard InChI is InChI=1S/C15H25N3O/c1-10(2)14(4,9-16)18-13(19)11(3)17-15(7-8-15)12-5-6-12/h10-12,17H,5-8H2,1-4H3,(H,18,19). The van der Waals surface area contributed by atoms with Crippen LogP contribution in [0.5, 0.6) is 0 Å². The van der Waals surface area contributed by atoms with Crippen LogP contribution in [-0.2, 0) is 4.79 Å². The van der Waals surface area contributed by atoms with E-state index in [4.69, 9.17) is 0 Å². The molecule has 2 aliphatic carbocycles. The molecule has 2 fully saturated rings. The molecule has 4 heteroatoms. The molecule has 2 saturated carbocycles. The smallest absolute Gasteiger partial charge is 0.238 e. The molecular formula is C15H25N3O. The van der Waals surface area contributed by atoms with Crippen molar-refractivity contribution in [2.45, 2.75) is 70.5 Å². The largest absolute Gasteiger partial charge is 0.336 e. The summed E-state index contributed by atoms with van der Waals surface area (Å²) in [5, 5.41) is 15.6. The van der Waals surface area contributed by atoms with Gasteiger partial charge in [-0.1, -0.05) is 13.8 Å². The molecule has 0 heterocycles. The zero-order valence-electron chi connectivity index (χ0n) is 12.4. The van der Waals surface area contributed by atoms with Crippen LogP contribution >= 0.6 is 0 Å². The average Bonchev–Trinajstić information content (AvgIpc) is 3.20. The van der Waals surface area contributed by atoms with Crippen molar-refractivity contribution in [2.24, 2.45) is 11.8 Å². The molecule has 0 saturated heterocycles. The number of nitrogens with one attached hydrogen (secondary N) is 2. The molecule has 0 spiro atoms. The molecule has 1 amide bonds. The average molecular weight is 263 g/mol. The number of rotatable bonds is 6. The van der Waals surface area contributed by atoms with Crippen LogP contribution in [-0.4, -0.2) is 23.0 Å². The molecule has 19 heavy (non-hydrogen) atoms. The van der Waals surface area contributed by atoms with Gasteiger partial charge in [-0.2, -0.15) is 5.26 Å². The minimum absolute atomic E-state index is 0.0651. The summed E-state index contributed by atoms with van der Waals surface area (Å²) >= 11 is 0. The Morgan fingerprint density at radius 2 is 1.95 bits per heavy atom. The van der Waals surface area contributed by atoms with Crippen LogP contribution in [0.15, 0.2) is 0 Å². The lowest BCUT2D eigenvalue weighted by Crippen LogP contribution is -2.56. The van der Waals surface area contributed by atoms with Gasteiger partial charge in [-0.25, -0.2) is 0 Å². The molecule has 2 unspecified atom stereocenters. The van der Waals surface area contributed by atoms with Crippen molar-refractivity contribution in [3.8, 4) is 6.07 Å². The minimum Gasteiger partial charge on any atom is -0.336 e. The number of nitriles is 1. The van der Waals surface area contributed by atoms with E-state index in [1.54, 1.807) is 6.92 Å². The summed E-state index contributed by atoms with van der Waals surface area (Å²) in [6, 6.07) is 1.99. The zero-order chi connectivity index (χ0) is 14.3. The van der Waals surface area contributed by atoms with Crippen molar-refractivity contribution in [3.63, 3.8) is 0 Å². The van der Waals surface area contributed by atoms with Gasteiger partial charge >= 0.3 is 0 Å². The van der Waals surface area contributed by atoms with E-state index in [9.17, 15) is 10.1 Å². The topological polar surface area (TPSA) is 64.9 Å². The highest BCUT2D eigenvalue weighted by Gasteiger charge is 2.54. The molecule has 4 nitrogen and oxygen atoms in total. The fourth-order valence-electron chi connectivity index (χ4n) is 2.60. The van der Waals surface area contributed by atoms with Crippen LogP contribution in [0.2, 0.25) is 0 Å². The monoisotopic (exact) mass is 263 g/mol. The first-order valence-electron chi connectivity index (χ1n) is 7.34. The minimum atomic E-state index is -0.788. The van der Waals surface area contributed by atoms with Crippen LogP contribution in [0.25, 0.3) is 0 Å². The lowest BCUT2D eigenvalue weighted by Gasteiger charge is -2.30. The maximum atomic E-state index is 12.2. The second-order valence-electron chi connectivity index (χ2n) is 6.75. The molecule has 2 aliphatic rings. The molecule has 0 bridgehead atoms. The van der Waals surface area contributed by atoms with Gasteiger partial charge in [-0.15, -0.1) is 0 Å². The molecule has 106 valence electrons. The Hall–Kier alpha value is -1.08. The Kier molecular flexibility index (Phi) is 3.61. The highest BCUT2D eigenvalue weighted by atomic mass is 16.2. The first-order chi connectivity index (χ1) is 8.83.